The van der Waals surface area contributed by atoms with Gasteiger partial charge in [0.05, 0.1) is 0 Å². The van der Waals surface area contributed by atoms with Gasteiger partial charge in [-0.25, -0.2) is 5.14 Å². The predicted molar refractivity (Wildman–Crippen MR) is 46.6 cm³/mol. The molecule has 66 valence electrons. The lowest BCUT2D eigenvalue weighted by Crippen LogP contribution is -2.57. The first-order valence-corrected chi connectivity index (χ1v) is 5.78. The van der Waals surface area contributed by atoms with Gasteiger partial charge in [0, 0.05) is 16.5 Å². The van der Waals surface area contributed by atoms with E-state index in [-0.39, 0.29) is 10.8 Å². The highest BCUT2D eigenvalue weighted by Crippen LogP contribution is 2.39. The van der Waals surface area contributed by atoms with Crippen LogP contribution in [0, 0.1) is 0 Å². The van der Waals surface area contributed by atoms with Crippen LogP contribution < -0.4 is 9.86 Å². The van der Waals surface area contributed by atoms with Crippen molar-refractivity contribution in [1.29, 1.82) is 0 Å². The van der Waals surface area contributed by atoms with Crippen molar-refractivity contribution in [2.75, 3.05) is 5.75 Å². The van der Waals surface area contributed by atoms with Crippen molar-refractivity contribution in [3.8, 4) is 0 Å². The molecule has 0 aromatic carbocycles. The molecular weight excluding hydrogens is 184 g/mol. The van der Waals surface area contributed by atoms with Crippen LogP contribution in [-0.4, -0.2) is 25.0 Å². The van der Waals surface area contributed by atoms with Crippen LogP contribution in [0.15, 0.2) is 0 Å². The zero-order chi connectivity index (χ0) is 8.70. The Morgan fingerprint density at radius 2 is 2.18 bits per heavy atom. The smallest absolute Gasteiger partial charge is 0.216 e. The van der Waals surface area contributed by atoms with Crippen molar-refractivity contribution < 1.29 is 8.42 Å². The number of nitrogens with one attached hydrogen (secondary N) is 1. The molecule has 3 N–H and O–H groups in total. The molecule has 11 heavy (non-hydrogen) atoms. The minimum absolute atomic E-state index is 0.00750. The number of rotatable bonds is 2. The van der Waals surface area contributed by atoms with Crippen molar-refractivity contribution in [3.05, 3.63) is 0 Å². The van der Waals surface area contributed by atoms with Crippen LogP contribution >= 0.6 is 11.8 Å². The third-order valence-corrected chi connectivity index (χ3v) is 3.91. The van der Waals surface area contributed by atoms with Gasteiger partial charge in [0.1, 0.15) is 0 Å². The maximum Gasteiger partial charge on any atom is 0.274 e. The SMILES string of the molecule is CC1(C)SCC1NS(N)(=O)=O. The molecule has 4 nitrogen and oxygen atoms in total. The Hall–Kier alpha value is 0.220. The van der Waals surface area contributed by atoms with E-state index in [2.05, 4.69) is 4.72 Å². The number of thioether (sulfide) groups is 1. The standard InChI is InChI=1S/C5H12N2O2S2/c1-5(2)4(3-10-5)7-11(6,8)9/h4,7H,3H2,1-2H3,(H2,6,8,9). The summed E-state index contributed by atoms with van der Waals surface area (Å²) in [6, 6.07) is -0.0116. The quantitative estimate of drug-likeness (QED) is 0.635. The first-order chi connectivity index (χ1) is 4.81. The molecule has 1 saturated heterocycles. The first kappa shape index (κ1) is 9.31. The lowest BCUT2D eigenvalue weighted by atomic mass is 10.1. The molecule has 1 unspecified atom stereocenters. The summed E-state index contributed by atoms with van der Waals surface area (Å²) in [5.41, 5.74) is 0. The molecule has 0 aliphatic carbocycles. The summed E-state index contributed by atoms with van der Waals surface area (Å²) in [4.78, 5) is 0. The molecule has 0 saturated carbocycles. The Balaban J connectivity index is 2.53. The second-order valence-corrected chi connectivity index (χ2v) is 6.13. The topological polar surface area (TPSA) is 72.2 Å². The molecular formula is C5H12N2O2S2. The van der Waals surface area contributed by atoms with Crippen molar-refractivity contribution in [3.63, 3.8) is 0 Å². The summed E-state index contributed by atoms with van der Waals surface area (Å²) >= 11 is 1.73. The van der Waals surface area contributed by atoms with Gasteiger partial charge in [-0.3, -0.25) is 0 Å². The molecule has 1 atom stereocenters. The lowest BCUT2D eigenvalue weighted by molar-refractivity contribution is 0.487. The van der Waals surface area contributed by atoms with E-state index in [1.807, 2.05) is 13.8 Å². The molecule has 1 rings (SSSR count). The zero-order valence-corrected chi connectivity index (χ0v) is 8.13. The van der Waals surface area contributed by atoms with Gasteiger partial charge in [-0.1, -0.05) is 0 Å². The van der Waals surface area contributed by atoms with Crippen LogP contribution in [0.1, 0.15) is 13.8 Å². The molecule has 1 heterocycles. The highest BCUT2D eigenvalue weighted by molar-refractivity contribution is 8.02. The van der Waals surface area contributed by atoms with Crippen molar-refractivity contribution in [2.24, 2.45) is 5.14 Å². The maximum atomic E-state index is 10.6. The van der Waals surface area contributed by atoms with Gasteiger partial charge in [0.2, 0.25) is 0 Å². The normalized spacial score (nSPS) is 29.5. The van der Waals surface area contributed by atoms with E-state index in [4.69, 9.17) is 5.14 Å². The average molecular weight is 196 g/mol. The van der Waals surface area contributed by atoms with Crippen LogP contribution in [0.2, 0.25) is 0 Å². The molecule has 1 fully saturated rings. The fraction of sp³-hybridized carbons (Fsp3) is 1.00. The third-order valence-electron chi connectivity index (χ3n) is 1.77. The van der Waals surface area contributed by atoms with Crippen LogP contribution in [0.25, 0.3) is 0 Å². The molecule has 0 amide bonds. The van der Waals surface area contributed by atoms with Crippen LogP contribution in [0.3, 0.4) is 0 Å². The molecule has 0 radical (unpaired) electrons. The van der Waals surface area contributed by atoms with Gasteiger partial charge >= 0.3 is 0 Å². The summed E-state index contributed by atoms with van der Waals surface area (Å²) in [7, 11) is -3.52. The van der Waals surface area contributed by atoms with Gasteiger partial charge in [-0.05, 0) is 13.8 Å². The summed E-state index contributed by atoms with van der Waals surface area (Å²) in [5.74, 6) is 0.809. The summed E-state index contributed by atoms with van der Waals surface area (Å²) in [5, 5.41) is 4.82. The van der Waals surface area contributed by atoms with E-state index >= 15 is 0 Å². The summed E-state index contributed by atoms with van der Waals surface area (Å²) in [6.07, 6.45) is 0. The van der Waals surface area contributed by atoms with Gasteiger partial charge in [0.25, 0.3) is 10.2 Å². The average Bonchev–Trinajstić information content (AvgIpc) is 1.79. The number of nitrogens with two attached hydrogens (primary N) is 1. The fourth-order valence-corrected chi connectivity index (χ4v) is 2.97. The van der Waals surface area contributed by atoms with Crippen LogP contribution in [0.4, 0.5) is 0 Å². The van der Waals surface area contributed by atoms with Gasteiger partial charge < -0.3 is 0 Å². The maximum absolute atomic E-state index is 10.6. The van der Waals surface area contributed by atoms with E-state index in [9.17, 15) is 8.42 Å². The van der Waals surface area contributed by atoms with Crippen molar-refractivity contribution in [1.82, 2.24) is 4.72 Å². The van der Waals surface area contributed by atoms with Crippen LogP contribution in [0.5, 0.6) is 0 Å². The second-order valence-electron chi connectivity index (χ2n) is 3.13. The van der Waals surface area contributed by atoms with Crippen LogP contribution in [-0.2, 0) is 10.2 Å². The Morgan fingerprint density at radius 1 is 1.64 bits per heavy atom. The zero-order valence-electron chi connectivity index (χ0n) is 6.49. The number of hydrogen-bond donors (Lipinski definition) is 2. The Kier molecular flexibility index (Phi) is 2.21. The van der Waals surface area contributed by atoms with Gasteiger partial charge in [-0.15, -0.1) is 0 Å². The highest BCUT2D eigenvalue weighted by Gasteiger charge is 2.40. The Bertz CT molecular complexity index is 247. The Morgan fingerprint density at radius 3 is 2.27 bits per heavy atom. The molecule has 1 aliphatic rings. The first-order valence-electron chi connectivity index (χ1n) is 3.25. The molecule has 6 heteroatoms. The van der Waals surface area contributed by atoms with Crippen molar-refractivity contribution in [2.45, 2.75) is 24.6 Å². The van der Waals surface area contributed by atoms with E-state index in [1.165, 1.54) is 0 Å². The van der Waals surface area contributed by atoms with Crippen molar-refractivity contribution >= 4 is 22.0 Å². The molecule has 0 aromatic rings. The molecule has 0 bridgehead atoms. The second kappa shape index (κ2) is 2.62. The molecule has 1 aliphatic heterocycles. The minimum atomic E-state index is -3.52. The van der Waals surface area contributed by atoms with E-state index in [0.717, 1.165) is 5.75 Å². The lowest BCUT2D eigenvalue weighted by Gasteiger charge is -2.43. The molecule has 0 aromatic heterocycles. The van der Waals surface area contributed by atoms with E-state index in [1.54, 1.807) is 11.8 Å². The van der Waals surface area contributed by atoms with E-state index < -0.39 is 10.2 Å². The summed E-state index contributed by atoms with van der Waals surface area (Å²) in [6.45, 7) is 3.98. The van der Waals surface area contributed by atoms with Gasteiger partial charge in [0.15, 0.2) is 0 Å². The predicted octanol–water partition coefficient (Wildman–Crippen LogP) is -0.326. The van der Waals surface area contributed by atoms with Gasteiger partial charge in [-0.2, -0.15) is 24.9 Å². The van der Waals surface area contributed by atoms with E-state index in [0.29, 0.717) is 0 Å². The largest absolute Gasteiger partial charge is 0.274 e. The third kappa shape index (κ3) is 2.33. The fourth-order valence-electron chi connectivity index (χ4n) is 0.874. The summed E-state index contributed by atoms with van der Waals surface area (Å²) < 4.78 is 23.5. The minimum Gasteiger partial charge on any atom is -0.216 e. The molecule has 0 spiro atoms. The monoisotopic (exact) mass is 196 g/mol. The Labute approximate surface area is 71.1 Å². The number of hydrogen-bond acceptors (Lipinski definition) is 3. The highest BCUT2D eigenvalue weighted by atomic mass is 32.2.